The van der Waals surface area contributed by atoms with Crippen LogP contribution in [0, 0.1) is 0 Å². The standard InChI is InChI=1S/C10H15BrN2O/c11-10-5-3-4-9(13-10)8-12-6-1-2-7-14/h3-5,12,14H,1-2,6-8H2. The van der Waals surface area contributed by atoms with Crippen molar-refractivity contribution in [3.63, 3.8) is 0 Å². The predicted molar refractivity (Wildman–Crippen MR) is 60.0 cm³/mol. The van der Waals surface area contributed by atoms with Gasteiger partial charge in [-0.15, -0.1) is 0 Å². The molecule has 78 valence electrons. The second kappa shape index (κ2) is 6.92. The zero-order chi connectivity index (χ0) is 10.2. The molecule has 0 aromatic carbocycles. The van der Waals surface area contributed by atoms with Gasteiger partial charge in [-0.2, -0.15) is 0 Å². The third-order valence-electron chi connectivity index (χ3n) is 1.84. The van der Waals surface area contributed by atoms with E-state index in [1.54, 1.807) is 0 Å². The highest BCUT2D eigenvalue weighted by Crippen LogP contribution is 2.05. The van der Waals surface area contributed by atoms with E-state index in [0.29, 0.717) is 0 Å². The van der Waals surface area contributed by atoms with Crippen molar-refractivity contribution in [2.75, 3.05) is 13.2 Å². The van der Waals surface area contributed by atoms with Crippen molar-refractivity contribution in [1.82, 2.24) is 10.3 Å². The lowest BCUT2D eigenvalue weighted by atomic mass is 10.3. The fraction of sp³-hybridized carbons (Fsp3) is 0.500. The lowest BCUT2D eigenvalue weighted by Gasteiger charge is -2.03. The van der Waals surface area contributed by atoms with Crippen LogP contribution in [-0.2, 0) is 6.54 Å². The minimum absolute atomic E-state index is 0.275. The number of aliphatic hydroxyl groups excluding tert-OH is 1. The van der Waals surface area contributed by atoms with E-state index >= 15 is 0 Å². The number of rotatable bonds is 6. The molecule has 0 atom stereocenters. The van der Waals surface area contributed by atoms with Crippen LogP contribution in [0.2, 0.25) is 0 Å². The molecular weight excluding hydrogens is 244 g/mol. The number of halogens is 1. The van der Waals surface area contributed by atoms with Gasteiger partial charge in [0.1, 0.15) is 4.60 Å². The minimum atomic E-state index is 0.275. The summed E-state index contributed by atoms with van der Waals surface area (Å²) in [6.07, 6.45) is 1.86. The number of aliphatic hydroxyl groups is 1. The van der Waals surface area contributed by atoms with Crippen LogP contribution in [0.25, 0.3) is 0 Å². The van der Waals surface area contributed by atoms with Crippen molar-refractivity contribution in [1.29, 1.82) is 0 Å². The Morgan fingerprint density at radius 3 is 2.93 bits per heavy atom. The van der Waals surface area contributed by atoms with E-state index in [4.69, 9.17) is 5.11 Å². The van der Waals surface area contributed by atoms with Crippen molar-refractivity contribution in [3.05, 3.63) is 28.5 Å². The van der Waals surface area contributed by atoms with Gasteiger partial charge in [0.15, 0.2) is 0 Å². The van der Waals surface area contributed by atoms with Crippen LogP contribution in [0.4, 0.5) is 0 Å². The molecule has 0 unspecified atom stereocenters. The first kappa shape index (κ1) is 11.6. The highest BCUT2D eigenvalue weighted by molar-refractivity contribution is 9.10. The average Bonchev–Trinajstić information content (AvgIpc) is 2.18. The van der Waals surface area contributed by atoms with Crippen LogP contribution in [0.15, 0.2) is 22.8 Å². The Morgan fingerprint density at radius 1 is 1.36 bits per heavy atom. The third-order valence-corrected chi connectivity index (χ3v) is 2.28. The monoisotopic (exact) mass is 258 g/mol. The van der Waals surface area contributed by atoms with Gasteiger partial charge in [0, 0.05) is 13.2 Å². The molecule has 0 aliphatic rings. The first-order chi connectivity index (χ1) is 6.83. The lowest BCUT2D eigenvalue weighted by Crippen LogP contribution is -2.15. The van der Waals surface area contributed by atoms with Crippen LogP contribution in [0.3, 0.4) is 0 Å². The number of aromatic nitrogens is 1. The van der Waals surface area contributed by atoms with Crippen molar-refractivity contribution >= 4 is 15.9 Å². The smallest absolute Gasteiger partial charge is 0.106 e. The van der Waals surface area contributed by atoms with Crippen molar-refractivity contribution in [2.24, 2.45) is 0 Å². The maximum Gasteiger partial charge on any atom is 0.106 e. The van der Waals surface area contributed by atoms with Gasteiger partial charge < -0.3 is 10.4 Å². The molecule has 2 N–H and O–H groups in total. The van der Waals surface area contributed by atoms with E-state index in [1.807, 2.05) is 18.2 Å². The van der Waals surface area contributed by atoms with E-state index in [2.05, 4.69) is 26.2 Å². The Bertz CT molecular complexity index is 268. The van der Waals surface area contributed by atoms with E-state index in [9.17, 15) is 0 Å². The average molecular weight is 259 g/mol. The summed E-state index contributed by atoms with van der Waals surface area (Å²) in [6.45, 7) is 1.98. The zero-order valence-corrected chi connectivity index (χ0v) is 9.63. The van der Waals surface area contributed by atoms with E-state index in [1.165, 1.54) is 0 Å². The number of nitrogens with zero attached hydrogens (tertiary/aromatic N) is 1. The summed E-state index contributed by atoms with van der Waals surface area (Å²) in [5.74, 6) is 0. The van der Waals surface area contributed by atoms with Crippen LogP contribution >= 0.6 is 15.9 Å². The zero-order valence-electron chi connectivity index (χ0n) is 8.04. The highest BCUT2D eigenvalue weighted by atomic mass is 79.9. The Labute approximate surface area is 92.7 Å². The normalized spacial score (nSPS) is 10.4. The topological polar surface area (TPSA) is 45.1 Å². The third kappa shape index (κ3) is 4.69. The predicted octanol–water partition coefficient (Wildman–Crippen LogP) is 1.71. The number of pyridine rings is 1. The van der Waals surface area contributed by atoms with Gasteiger partial charge in [0.25, 0.3) is 0 Å². The van der Waals surface area contributed by atoms with Gasteiger partial charge in [0.05, 0.1) is 5.69 Å². The highest BCUT2D eigenvalue weighted by Gasteiger charge is 1.94. The molecule has 4 heteroatoms. The summed E-state index contributed by atoms with van der Waals surface area (Å²) in [5.41, 5.74) is 1.03. The second-order valence-electron chi connectivity index (χ2n) is 3.06. The molecule has 1 aromatic heterocycles. The Hall–Kier alpha value is -0.450. The summed E-state index contributed by atoms with van der Waals surface area (Å²) < 4.78 is 0.868. The quantitative estimate of drug-likeness (QED) is 0.603. The van der Waals surface area contributed by atoms with E-state index < -0.39 is 0 Å². The Kier molecular flexibility index (Phi) is 5.75. The SMILES string of the molecule is OCCCCNCc1cccc(Br)n1. The van der Waals surface area contributed by atoms with Crippen LogP contribution in [-0.4, -0.2) is 23.2 Å². The molecular formula is C10H15BrN2O. The molecule has 0 amide bonds. The molecule has 0 aliphatic heterocycles. The van der Waals surface area contributed by atoms with Gasteiger partial charge in [-0.25, -0.2) is 4.98 Å². The van der Waals surface area contributed by atoms with Crippen LogP contribution < -0.4 is 5.32 Å². The fourth-order valence-electron chi connectivity index (χ4n) is 1.13. The minimum Gasteiger partial charge on any atom is -0.396 e. The van der Waals surface area contributed by atoms with Crippen molar-refractivity contribution < 1.29 is 5.11 Å². The molecule has 1 heterocycles. The first-order valence-electron chi connectivity index (χ1n) is 4.76. The van der Waals surface area contributed by atoms with Gasteiger partial charge >= 0.3 is 0 Å². The summed E-state index contributed by atoms with van der Waals surface area (Å²) >= 11 is 3.32. The lowest BCUT2D eigenvalue weighted by molar-refractivity contribution is 0.283. The summed E-state index contributed by atoms with van der Waals surface area (Å²) in [5, 5.41) is 11.8. The van der Waals surface area contributed by atoms with Gasteiger partial charge in [-0.1, -0.05) is 6.07 Å². The van der Waals surface area contributed by atoms with Gasteiger partial charge in [-0.3, -0.25) is 0 Å². The maximum atomic E-state index is 8.57. The largest absolute Gasteiger partial charge is 0.396 e. The van der Waals surface area contributed by atoms with Gasteiger partial charge in [-0.05, 0) is 47.4 Å². The second-order valence-corrected chi connectivity index (χ2v) is 3.87. The van der Waals surface area contributed by atoms with Crippen LogP contribution in [0.5, 0.6) is 0 Å². The number of hydrogen-bond acceptors (Lipinski definition) is 3. The molecule has 0 saturated heterocycles. The fourth-order valence-corrected chi connectivity index (χ4v) is 1.51. The molecule has 14 heavy (non-hydrogen) atoms. The van der Waals surface area contributed by atoms with E-state index in [-0.39, 0.29) is 6.61 Å². The molecule has 0 aliphatic carbocycles. The molecule has 0 spiro atoms. The van der Waals surface area contributed by atoms with Crippen LogP contribution in [0.1, 0.15) is 18.5 Å². The summed E-state index contributed by atoms with van der Waals surface area (Å²) in [4.78, 5) is 4.30. The molecule has 3 nitrogen and oxygen atoms in total. The van der Waals surface area contributed by atoms with Crippen molar-refractivity contribution in [2.45, 2.75) is 19.4 Å². The molecule has 1 rings (SSSR count). The Morgan fingerprint density at radius 2 is 2.21 bits per heavy atom. The number of nitrogens with one attached hydrogen (secondary N) is 1. The van der Waals surface area contributed by atoms with Crippen molar-refractivity contribution in [3.8, 4) is 0 Å². The molecule has 0 saturated carbocycles. The summed E-state index contributed by atoms with van der Waals surface area (Å²) in [6, 6.07) is 5.88. The molecule has 0 bridgehead atoms. The Balaban J connectivity index is 2.18. The first-order valence-corrected chi connectivity index (χ1v) is 5.55. The number of unbranched alkanes of at least 4 members (excludes halogenated alkanes) is 1. The van der Waals surface area contributed by atoms with Gasteiger partial charge in [0.2, 0.25) is 0 Å². The molecule has 1 aromatic rings. The molecule has 0 fully saturated rings. The summed E-state index contributed by atoms with van der Waals surface area (Å²) in [7, 11) is 0. The van der Waals surface area contributed by atoms with E-state index in [0.717, 1.165) is 36.2 Å². The molecule has 0 radical (unpaired) electrons. The number of hydrogen-bond donors (Lipinski definition) is 2. The maximum absolute atomic E-state index is 8.57.